The van der Waals surface area contributed by atoms with Crippen molar-refractivity contribution in [2.75, 3.05) is 13.2 Å². The second kappa shape index (κ2) is 41.3. The molecular weight excluding hydrogens is 852 g/mol. The van der Waals surface area contributed by atoms with Crippen LogP contribution in [0.15, 0.2) is 24.3 Å². The van der Waals surface area contributed by atoms with Crippen LogP contribution in [-0.4, -0.2) is 98.3 Å². The molecule has 0 aromatic carbocycles. The normalized spacial score (nSPS) is 21.5. The summed E-state index contributed by atoms with van der Waals surface area (Å²) in [5, 5.41) is 50.3. The van der Waals surface area contributed by atoms with Gasteiger partial charge in [0.2, 0.25) is 0 Å². The minimum absolute atomic E-state index is 0.0985. The van der Waals surface area contributed by atoms with Crippen LogP contribution in [0.5, 0.6) is 0 Å². The van der Waals surface area contributed by atoms with E-state index < -0.39 is 75.7 Å². The molecule has 1 rings (SSSR count). The number of unbranched alkanes of at least 4 members (excludes halogenated alkanes) is 28. The van der Waals surface area contributed by atoms with Gasteiger partial charge in [0.1, 0.15) is 43.2 Å². The molecule has 0 heterocycles. The maximum absolute atomic E-state index is 12.8. The number of rotatable bonds is 44. The zero-order valence-corrected chi connectivity index (χ0v) is 41.7. The number of phosphoric ester groups is 1. The predicted molar refractivity (Wildman–Crippen MR) is 258 cm³/mol. The van der Waals surface area contributed by atoms with Gasteiger partial charge in [-0.05, 0) is 44.9 Å². The summed E-state index contributed by atoms with van der Waals surface area (Å²) in [5.74, 6) is -1.10. The van der Waals surface area contributed by atoms with E-state index in [0.717, 1.165) is 64.2 Å². The number of aliphatic hydroxyl groups is 5. The monoisotopic (exact) mass is 947 g/mol. The number of hydrogen-bond donors (Lipinski definition) is 6. The van der Waals surface area contributed by atoms with Crippen molar-refractivity contribution in [1.29, 1.82) is 0 Å². The van der Waals surface area contributed by atoms with E-state index in [2.05, 4.69) is 38.2 Å². The van der Waals surface area contributed by atoms with Crippen molar-refractivity contribution in [3.8, 4) is 0 Å². The largest absolute Gasteiger partial charge is 0.472 e. The Morgan fingerprint density at radius 3 is 1.28 bits per heavy atom. The lowest BCUT2D eigenvalue weighted by Gasteiger charge is -2.41. The van der Waals surface area contributed by atoms with E-state index in [1.807, 2.05) is 0 Å². The molecular formula is C51H95O13P. The quantitative estimate of drug-likeness (QED) is 0.0146. The molecule has 14 heteroatoms. The number of allylic oxidation sites excluding steroid dienone is 4. The molecule has 0 amide bonds. The van der Waals surface area contributed by atoms with Gasteiger partial charge in [0, 0.05) is 12.8 Å². The molecule has 8 atom stereocenters. The lowest BCUT2D eigenvalue weighted by atomic mass is 9.85. The van der Waals surface area contributed by atoms with Crippen LogP contribution in [0, 0.1) is 0 Å². The van der Waals surface area contributed by atoms with Gasteiger partial charge >= 0.3 is 19.8 Å². The Bertz CT molecular complexity index is 1230. The second-order valence-corrected chi connectivity index (χ2v) is 19.8. The fraction of sp³-hybridized carbons (Fsp3) is 0.882. The minimum Gasteiger partial charge on any atom is -0.462 e. The van der Waals surface area contributed by atoms with Gasteiger partial charge in [0.25, 0.3) is 0 Å². The molecule has 0 aromatic heterocycles. The summed E-state index contributed by atoms with van der Waals surface area (Å²) in [6, 6.07) is 0. The first-order chi connectivity index (χ1) is 31.4. The first-order valence-electron chi connectivity index (χ1n) is 26.1. The van der Waals surface area contributed by atoms with Crippen molar-refractivity contribution >= 4 is 19.8 Å². The van der Waals surface area contributed by atoms with Crippen molar-refractivity contribution in [1.82, 2.24) is 0 Å². The van der Waals surface area contributed by atoms with Gasteiger partial charge in [0.05, 0.1) is 6.61 Å². The second-order valence-electron chi connectivity index (χ2n) is 18.4. The highest BCUT2D eigenvalue weighted by Gasteiger charge is 2.51. The van der Waals surface area contributed by atoms with Gasteiger partial charge in [-0.15, -0.1) is 0 Å². The number of carbonyl (C=O) groups is 2. The summed E-state index contributed by atoms with van der Waals surface area (Å²) in [6.45, 7) is 3.30. The molecule has 0 saturated heterocycles. The topological polar surface area (TPSA) is 210 Å². The number of carbonyl (C=O) groups excluding carboxylic acids is 2. The van der Waals surface area contributed by atoms with Crippen LogP contribution in [0.25, 0.3) is 0 Å². The van der Waals surface area contributed by atoms with Crippen LogP contribution in [0.4, 0.5) is 0 Å². The SMILES string of the molecule is CCCCC/C=C/C/C=C/CCCCCCCC(=O)OC[C@H](COP(=O)(O)OC1C(O)C(O)C(O)[C@@H](O)C1O)OC(=O)CCCCCCCCCCCCCCCCCCCCCCC. The van der Waals surface area contributed by atoms with Crippen molar-refractivity contribution in [3.63, 3.8) is 0 Å². The Kier molecular flexibility index (Phi) is 39.0. The number of phosphoric acid groups is 1. The summed E-state index contributed by atoms with van der Waals surface area (Å²) >= 11 is 0. The Hall–Kier alpha value is -1.67. The first-order valence-corrected chi connectivity index (χ1v) is 27.6. The molecule has 6 N–H and O–H groups in total. The fourth-order valence-electron chi connectivity index (χ4n) is 8.08. The van der Waals surface area contributed by atoms with Gasteiger partial charge in [-0.25, -0.2) is 4.57 Å². The van der Waals surface area contributed by atoms with Crippen LogP contribution in [0.1, 0.15) is 232 Å². The highest BCUT2D eigenvalue weighted by Crippen LogP contribution is 2.47. The minimum atomic E-state index is -5.12. The Balaban J connectivity index is 2.38. The third-order valence-electron chi connectivity index (χ3n) is 12.3. The van der Waals surface area contributed by atoms with Gasteiger partial charge < -0.3 is 39.9 Å². The molecule has 0 radical (unpaired) electrons. The molecule has 0 spiro atoms. The molecule has 1 aliphatic rings. The molecule has 0 bridgehead atoms. The molecule has 382 valence electrons. The van der Waals surface area contributed by atoms with Gasteiger partial charge in [-0.1, -0.05) is 199 Å². The molecule has 65 heavy (non-hydrogen) atoms. The lowest BCUT2D eigenvalue weighted by molar-refractivity contribution is -0.220. The van der Waals surface area contributed by atoms with Gasteiger partial charge in [-0.2, -0.15) is 0 Å². The van der Waals surface area contributed by atoms with Crippen molar-refractivity contribution in [2.24, 2.45) is 0 Å². The number of esters is 2. The summed E-state index contributed by atoms with van der Waals surface area (Å²) in [7, 11) is -5.12. The Labute approximate surface area is 394 Å². The number of ether oxygens (including phenoxy) is 2. The third kappa shape index (κ3) is 33.5. The van der Waals surface area contributed by atoms with E-state index in [1.54, 1.807) is 0 Å². The van der Waals surface area contributed by atoms with Crippen LogP contribution in [0.2, 0.25) is 0 Å². The average Bonchev–Trinajstić information content (AvgIpc) is 3.29. The maximum atomic E-state index is 12.8. The lowest BCUT2D eigenvalue weighted by Crippen LogP contribution is -2.64. The Morgan fingerprint density at radius 2 is 0.831 bits per heavy atom. The summed E-state index contributed by atoms with van der Waals surface area (Å²) in [6.07, 6.45) is 33.7. The molecule has 1 saturated carbocycles. The van der Waals surface area contributed by atoms with E-state index in [-0.39, 0.29) is 12.8 Å². The molecule has 0 aliphatic heterocycles. The van der Waals surface area contributed by atoms with Gasteiger partial charge in [0.15, 0.2) is 6.10 Å². The molecule has 13 nitrogen and oxygen atoms in total. The van der Waals surface area contributed by atoms with E-state index in [4.69, 9.17) is 18.5 Å². The smallest absolute Gasteiger partial charge is 0.462 e. The summed E-state index contributed by atoms with van der Waals surface area (Å²) in [4.78, 5) is 35.8. The number of hydrogen-bond acceptors (Lipinski definition) is 12. The molecule has 1 aliphatic carbocycles. The van der Waals surface area contributed by atoms with Crippen molar-refractivity contribution in [3.05, 3.63) is 24.3 Å². The molecule has 1 fully saturated rings. The van der Waals surface area contributed by atoms with Crippen molar-refractivity contribution < 1.29 is 63.1 Å². The molecule has 6 unspecified atom stereocenters. The zero-order chi connectivity index (χ0) is 47.8. The van der Waals surface area contributed by atoms with E-state index >= 15 is 0 Å². The van der Waals surface area contributed by atoms with E-state index in [0.29, 0.717) is 12.8 Å². The van der Waals surface area contributed by atoms with Crippen LogP contribution in [0.3, 0.4) is 0 Å². The first kappa shape index (κ1) is 61.3. The standard InChI is InChI=1S/C51H95O13P/c1-3-5-7-9-11-13-15-17-19-20-21-22-23-24-26-28-30-32-34-36-38-40-45(53)63-43(42-62-65(59,60)64-51-49(57)47(55)46(54)48(56)50(51)58)41-61-44(52)39-37-35-33-31-29-27-25-18-16-14-12-10-8-6-4-2/h12,14,18,25,43,46-51,54-58H,3-11,13,15-17,19-24,26-42H2,1-2H3,(H,59,60)/b14-12+,25-18+/t43-,46?,47-,48?,49?,50?,51?/m1/s1. The van der Waals surface area contributed by atoms with Gasteiger partial charge in [-0.3, -0.25) is 18.6 Å². The summed E-state index contributed by atoms with van der Waals surface area (Å²) in [5.41, 5.74) is 0. The van der Waals surface area contributed by atoms with Crippen LogP contribution < -0.4 is 0 Å². The third-order valence-corrected chi connectivity index (χ3v) is 13.3. The highest BCUT2D eigenvalue weighted by molar-refractivity contribution is 7.47. The van der Waals surface area contributed by atoms with E-state index in [1.165, 1.54) is 128 Å². The van der Waals surface area contributed by atoms with Crippen molar-refractivity contribution in [2.45, 2.75) is 275 Å². The predicted octanol–water partition coefficient (Wildman–Crippen LogP) is 11.2. The van der Waals surface area contributed by atoms with E-state index in [9.17, 15) is 44.6 Å². The molecule has 0 aromatic rings. The Morgan fingerprint density at radius 1 is 0.477 bits per heavy atom. The highest BCUT2D eigenvalue weighted by atomic mass is 31.2. The zero-order valence-electron chi connectivity index (χ0n) is 40.8. The van der Waals surface area contributed by atoms with Crippen LogP contribution >= 0.6 is 7.82 Å². The fourth-order valence-corrected chi connectivity index (χ4v) is 9.06. The van der Waals surface area contributed by atoms with Crippen LogP contribution in [-0.2, 0) is 32.7 Å². The average molecular weight is 947 g/mol. The number of aliphatic hydroxyl groups excluding tert-OH is 5. The maximum Gasteiger partial charge on any atom is 0.472 e. The summed E-state index contributed by atoms with van der Waals surface area (Å²) < 4.78 is 33.6.